The Labute approximate surface area is 147 Å². The van der Waals surface area contributed by atoms with Gasteiger partial charge in [0.2, 0.25) is 0 Å². The summed E-state index contributed by atoms with van der Waals surface area (Å²) >= 11 is 6.10. The zero-order chi connectivity index (χ0) is 17.1. The van der Waals surface area contributed by atoms with Crippen LogP contribution in [0.4, 0.5) is 5.82 Å². The van der Waals surface area contributed by atoms with E-state index in [4.69, 9.17) is 17.0 Å². The van der Waals surface area contributed by atoms with Crippen LogP contribution in [0.5, 0.6) is 0 Å². The fourth-order valence-electron chi connectivity index (χ4n) is 2.19. The van der Waals surface area contributed by atoms with Crippen molar-refractivity contribution >= 4 is 51.7 Å². The number of anilines is 1. The smallest absolute Gasteiger partial charge is 0.267 e. The van der Waals surface area contributed by atoms with Gasteiger partial charge in [0, 0.05) is 19.9 Å². The van der Waals surface area contributed by atoms with Crippen molar-refractivity contribution in [2.45, 2.75) is 0 Å². The number of pyridine rings is 1. The van der Waals surface area contributed by atoms with E-state index >= 15 is 0 Å². The molecule has 2 aromatic heterocycles. The Morgan fingerprint density at radius 1 is 1.46 bits per heavy atom. The van der Waals surface area contributed by atoms with Gasteiger partial charge in [-0.3, -0.25) is 14.0 Å². The lowest BCUT2D eigenvalue weighted by atomic mass is 10.2. The molecule has 9 heteroatoms. The number of nitrogens with zero attached hydrogens (tertiary/aromatic N) is 2. The number of aromatic nitrogens is 2. The zero-order valence-electron chi connectivity index (χ0n) is 12.7. The monoisotopic (exact) mass is 362 g/mol. The molecule has 3 heterocycles. The molecule has 24 heavy (non-hydrogen) atoms. The molecular formula is C15H14N4O3S2. The molecule has 1 amide bonds. The van der Waals surface area contributed by atoms with E-state index < -0.39 is 0 Å². The lowest BCUT2D eigenvalue weighted by molar-refractivity contribution is -0.115. The van der Waals surface area contributed by atoms with Crippen molar-refractivity contribution < 1.29 is 9.53 Å². The fourth-order valence-corrected chi connectivity index (χ4v) is 3.22. The molecule has 0 aliphatic carbocycles. The third kappa shape index (κ3) is 3.32. The second-order valence-electron chi connectivity index (χ2n) is 4.88. The maximum absolute atomic E-state index is 12.8. The highest BCUT2D eigenvalue weighted by Gasteiger charge is 2.23. The van der Waals surface area contributed by atoms with E-state index in [1.54, 1.807) is 31.5 Å². The highest BCUT2D eigenvalue weighted by Crippen LogP contribution is 2.26. The second-order valence-corrected chi connectivity index (χ2v) is 6.60. The maximum Gasteiger partial charge on any atom is 0.267 e. The SMILES string of the molecule is COCCNc1nc2ccccn2c(=O)c1/C=C1\SC(=S)NC1=O. The third-order valence-electron chi connectivity index (χ3n) is 3.29. The minimum absolute atomic E-state index is 0.265. The third-order valence-corrected chi connectivity index (χ3v) is 4.45. The van der Waals surface area contributed by atoms with Gasteiger partial charge < -0.3 is 15.4 Å². The predicted molar refractivity (Wildman–Crippen MR) is 98.1 cm³/mol. The molecule has 1 aliphatic rings. The molecule has 124 valence electrons. The molecule has 0 radical (unpaired) electrons. The minimum Gasteiger partial charge on any atom is -0.383 e. The molecule has 1 aliphatic heterocycles. The summed E-state index contributed by atoms with van der Waals surface area (Å²) in [4.78, 5) is 29.5. The van der Waals surface area contributed by atoms with E-state index in [-0.39, 0.29) is 11.5 Å². The number of fused-ring (bicyclic) bond motifs is 1. The average Bonchev–Trinajstić information content (AvgIpc) is 2.88. The van der Waals surface area contributed by atoms with Crippen LogP contribution in [0.25, 0.3) is 11.7 Å². The first-order valence-corrected chi connectivity index (χ1v) is 8.31. The molecular weight excluding hydrogens is 348 g/mol. The Morgan fingerprint density at radius 2 is 2.29 bits per heavy atom. The van der Waals surface area contributed by atoms with Crippen LogP contribution in [0.15, 0.2) is 34.1 Å². The van der Waals surface area contributed by atoms with E-state index in [2.05, 4.69) is 15.6 Å². The Balaban J connectivity index is 2.12. The summed E-state index contributed by atoms with van der Waals surface area (Å²) in [5.41, 5.74) is 0.556. The van der Waals surface area contributed by atoms with Crippen LogP contribution in [-0.4, -0.2) is 39.9 Å². The lowest BCUT2D eigenvalue weighted by Crippen LogP contribution is -2.22. The van der Waals surface area contributed by atoms with E-state index in [0.717, 1.165) is 11.8 Å². The molecule has 1 fully saturated rings. The normalized spacial score (nSPS) is 16.0. The van der Waals surface area contributed by atoms with Crippen molar-refractivity contribution in [2.24, 2.45) is 0 Å². The van der Waals surface area contributed by atoms with Gasteiger partial charge in [0.1, 0.15) is 15.8 Å². The van der Waals surface area contributed by atoms with E-state index in [1.807, 2.05) is 0 Å². The first kappa shape index (κ1) is 16.6. The highest BCUT2D eigenvalue weighted by molar-refractivity contribution is 8.26. The molecule has 7 nitrogen and oxygen atoms in total. The largest absolute Gasteiger partial charge is 0.383 e. The maximum atomic E-state index is 12.8. The predicted octanol–water partition coefficient (Wildman–Crippen LogP) is 1.24. The van der Waals surface area contributed by atoms with E-state index in [0.29, 0.717) is 39.4 Å². The summed E-state index contributed by atoms with van der Waals surface area (Å²) in [6.45, 7) is 0.949. The molecule has 3 rings (SSSR count). The molecule has 0 atom stereocenters. The fraction of sp³-hybridized carbons (Fsp3) is 0.200. The first-order chi connectivity index (χ1) is 11.6. The Kier molecular flexibility index (Phi) is 4.93. The van der Waals surface area contributed by atoms with Crippen LogP contribution in [-0.2, 0) is 9.53 Å². The molecule has 2 N–H and O–H groups in total. The van der Waals surface area contributed by atoms with Crippen LogP contribution < -0.4 is 16.2 Å². The van der Waals surface area contributed by atoms with E-state index in [1.165, 1.54) is 10.5 Å². The summed E-state index contributed by atoms with van der Waals surface area (Å²) in [7, 11) is 1.59. The van der Waals surface area contributed by atoms with Crippen molar-refractivity contribution in [3.63, 3.8) is 0 Å². The molecule has 0 spiro atoms. The van der Waals surface area contributed by atoms with Crippen molar-refractivity contribution in [3.05, 3.63) is 45.2 Å². The van der Waals surface area contributed by atoms with Crippen LogP contribution >= 0.6 is 24.0 Å². The average molecular weight is 362 g/mol. The Hall–Kier alpha value is -2.23. The summed E-state index contributed by atoms with van der Waals surface area (Å²) in [5, 5.41) is 5.61. The van der Waals surface area contributed by atoms with Gasteiger partial charge >= 0.3 is 0 Å². The second kappa shape index (κ2) is 7.12. The van der Waals surface area contributed by atoms with Crippen molar-refractivity contribution in [1.29, 1.82) is 0 Å². The summed E-state index contributed by atoms with van der Waals surface area (Å²) in [5.74, 6) is 0.0902. The number of methoxy groups -OCH3 is 1. The quantitative estimate of drug-likeness (QED) is 0.470. The number of hydrogen-bond acceptors (Lipinski definition) is 7. The first-order valence-electron chi connectivity index (χ1n) is 7.09. The van der Waals surface area contributed by atoms with Gasteiger partial charge in [-0.15, -0.1) is 0 Å². The van der Waals surface area contributed by atoms with E-state index in [9.17, 15) is 9.59 Å². The van der Waals surface area contributed by atoms with Gasteiger partial charge in [-0.2, -0.15) is 0 Å². The number of amides is 1. The highest BCUT2D eigenvalue weighted by atomic mass is 32.2. The van der Waals surface area contributed by atoms with Gasteiger partial charge in [-0.25, -0.2) is 4.98 Å². The van der Waals surface area contributed by atoms with Crippen molar-refractivity contribution in [1.82, 2.24) is 14.7 Å². The molecule has 1 saturated heterocycles. The topological polar surface area (TPSA) is 84.7 Å². The summed E-state index contributed by atoms with van der Waals surface area (Å²) in [6, 6.07) is 5.29. The number of rotatable bonds is 5. The molecule has 0 unspecified atom stereocenters. The summed E-state index contributed by atoms with van der Waals surface area (Å²) < 4.78 is 6.82. The van der Waals surface area contributed by atoms with Crippen LogP contribution in [0.1, 0.15) is 5.56 Å². The van der Waals surface area contributed by atoms with Gasteiger partial charge in [0.05, 0.1) is 17.1 Å². The molecule has 0 saturated carbocycles. The van der Waals surface area contributed by atoms with Crippen LogP contribution in [0, 0.1) is 0 Å². The Morgan fingerprint density at radius 3 is 3.00 bits per heavy atom. The number of thiocarbonyl (C=S) groups is 1. The molecule has 0 aromatic carbocycles. The molecule has 0 bridgehead atoms. The number of hydrogen-bond donors (Lipinski definition) is 2. The number of thioether (sulfide) groups is 1. The van der Waals surface area contributed by atoms with Crippen LogP contribution in [0.3, 0.4) is 0 Å². The number of carbonyl (C=O) groups is 1. The molecule has 2 aromatic rings. The number of carbonyl (C=O) groups excluding carboxylic acids is 1. The van der Waals surface area contributed by atoms with Gasteiger partial charge in [0.15, 0.2) is 0 Å². The number of ether oxygens (including phenoxy) is 1. The standard InChI is InChI=1S/C15H14N4O3S2/c1-22-7-5-16-12-9(8-10-13(20)18-15(23)24-10)14(21)19-6-3-2-4-11(19)17-12/h2-4,6,8,16H,5,7H2,1H3,(H,18,20,23)/b10-8-. The zero-order valence-corrected chi connectivity index (χ0v) is 14.4. The minimum atomic E-state index is -0.314. The summed E-state index contributed by atoms with van der Waals surface area (Å²) in [6.07, 6.45) is 3.15. The van der Waals surface area contributed by atoms with Gasteiger partial charge in [-0.05, 0) is 18.2 Å². The number of nitrogens with one attached hydrogen (secondary N) is 2. The van der Waals surface area contributed by atoms with Crippen molar-refractivity contribution in [2.75, 3.05) is 25.6 Å². The van der Waals surface area contributed by atoms with Crippen molar-refractivity contribution in [3.8, 4) is 0 Å². The van der Waals surface area contributed by atoms with Gasteiger partial charge in [-0.1, -0.05) is 30.0 Å². The van der Waals surface area contributed by atoms with Crippen LogP contribution in [0.2, 0.25) is 0 Å². The lowest BCUT2D eigenvalue weighted by Gasteiger charge is -2.10. The van der Waals surface area contributed by atoms with Gasteiger partial charge in [0.25, 0.3) is 11.5 Å². The Bertz CT molecular complexity index is 907.